The lowest BCUT2D eigenvalue weighted by Gasteiger charge is -2.35. The highest BCUT2D eigenvalue weighted by Crippen LogP contribution is 2.20. The topological polar surface area (TPSA) is 45.3 Å². The third-order valence-electron chi connectivity index (χ3n) is 4.45. The lowest BCUT2D eigenvalue weighted by Crippen LogP contribution is -2.48. The van der Waals surface area contributed by atoms with E-state index >= 15 is 0 Å². The molecule has 2 heterocycles. The van der Waals surface area contributed by atoms with Gasteiger partial charge in [-0.3, -0.25) is 4.79 Å². The van der Waals surface area contributed by atoms with Crippen LogP contribution in [0.2, 0.25) is 0 Å². The summed E-state index contributed by atoms with van der Waals surface area (Å²) in [6.07, 6.45) is 5.50. The van der Waals surface area contributed by atoms with Crippen molar-refractivity contribution in [1.29, 1.82) is 0 Å². The van der Waals surface area contributed by atoms with Gasteiger partial charge in [-0.05, 0) is 24.5 Å². The van der Waals surface area contributed by atoms with Crippen LogP contribution in [0.25, 0.3) is 10.9 Å². The number of fused-ring (bicyclic) bond motifs is 1. The Hall–Kier alpha value is -1.81. The molecule has 4 heteroatoms. The maximum Gasteiger partial charge on any atom is 0.223 e. The molecule has 1 aromatic carbocycles. The van der Waals surface area contributed by atoms with Crippen LogP contribution in [-0.4, -0.2) is 41.6 Å². The summed E-state index contributed by atoms with van der Waals surface area (Å²) < 4.78 is 5.52. The highest BCUT2D eigenvalue weighted by molar-refractivity contribution is 5.84. The van der Waals surface area contributed by atoms with Crippen LogP contribution in [-0.2, 0) is 16.0 Å². The molecule has 22 heavy (non-hydrogen) atoms. The molecule has 1 aliphatic rings. The molecule has 0 bridgehead atoms. The molecule has 1 N–H and O–H groups in total. The third kappa shape index (κ3) is 3.17. The van der Waals surface area contributed by atoms with Crippen molar-refractivity contribution in [2.45, 2.75) is 38.6 Å². The van der Waals surface area contributed by atoms with Crippen LogP contribution in [0, 0.1) is 0 Å². The van der Waals surface area contributed by atoms with E-state index in [1.807, 2.05) is 23.2 Å². The van der Waals surface area contributed by atoms with E-state index in [-0.39, 0.29) is 11.9 Å². The molecular weight excluding hydrogens is 276 g/mol. The molecule has 2 aromatic rings. The fourth-order valence-electron chi connectivity index (χ4n) is 3.28. The van der Waals surface area contributed by atoms with Gasteiger partial charge in [-0.2, -0.15) is 0 Å². The van der Waals surface area contributed by atoms with E-state index in [1.165, 1.54) is 10.9 Å². The van der Waals surface area contributed by atoms with Crippen molar-refractivity contribution >= 4 is 16.8 Å². The number of nitrogens with zero attached hydrogens (tertiary/aromatic N) is 1. The fraction of sp³-hybridized carbons (Fsp3) is 0.500. The third-order valence-corrected chi connectivity index (χ3v) is 4.45. The first kappa shape index (κ1) is 15.1. The number of carbonyl (C=O) groups is 1. The molecule has 1 amide bonds. The van der Waals surface area contributed by atoms with Gasteiger partial charge in [0.1, 0.15) is 0 Å². The zero-order valence-corrected chi connectivity index (χ0v) is 13.2. The van der Waals surface area contributed by atoms with Crippen molar-refractivity contribution in [3.8, 4) is 0 Å². The number of aromatic nitrogens is 1. The molecule has 0 unspecified atom stereocenters. The molecular formula is C18H24N2O2. The Morgan fingerprint density at radius 1 is 1.41 bits per heavy atom. The van der Waals surface area contributed by atoms with E-state index in [4.69, 9.17) is 4.74 Å². The zero-order chi connectivity index (χ0) is 15.4. The van der Waals surface area contributed by atoms with E-state index in [9.17, 15) is 4.79 Å². The summed E-state index contributed by atoms with van der Waals surface area (Å²) in [6, 6.07) is 8.51. The Morgan fingerprint density at radius 2 is 2.27 bits per heavy atom. The molecule has 0 saturated carbocycles. The molecule has 4 nitrogen and oxygen atoms in total. The number of benzene rings is 1. The number of hydrogen-bond donors (Lipinski definition) is 1. The standard InChI is InChI=1S/C18H24N2O2/c1-2-5-15-13-22-11-10-20(15)18(21)9-8-14-12-19-17-7-4-3-6-16(14)17/h3-4,6-7,12,15,19H,2,5,8-11,13H2,1H3/t15-/m0/s1. The van der Waals surface area contributed by atoms with Gasteiger partial charge in [-0.25, -0.2) is 0 Å². The van der Waals surface area contributed by atoms with Crippen LogP contribution in [0.1, 0.15) is 31.7 Å². The number of morpholine rings is 1. The summed E-state index contributed by atoms with van der Waals surface area (Å²) >= 11 is 0. The predicted octanol–water partition coefficient (Wildman–Crippen LogP) is 3.13. The fourth-order valence-corrected chi connectivity index (χ4v) is 3.28. The van der Waals surface area contributed by atoms with E-state index < -0.39 is 0 Å². The number of aromatic amines is 1. The van der Waals surface area contributed by atoms with Gasteiger partial charge < -0.3 is 14.6 Å². The Morgan fingerprint density at radius 3 is 3.14 bits per heavy atom. The average Bonchev–Trinajstić information content (AvgIpc) is 2.97. The molecule has 3 rings (SSSR count). The Labute approximate surface area is 131 Å². The first-order valence-electron chi connectivity index (χ1n) is 8.21. The van der Waals surface area contributed by atoms with E-state index in [0.717, 1.165) is 31.3 Å². The maximum atomic E-state index is 12.6. The number of H-pyrrole nitrogens is 1. The minimum atomic E-state index is 0.257. The minimum Gasteiger partial charge on any atom is -0.377 e. The second kappa shape index (κ2) is 6.97. The molecule has 1 fully saturated rings. The largest absolute Gasteiger partial charge is 0.377 e. The summed E-state index contributed by atoms with van der Waals surface area (Å²) in [4.78, 5) is 17.9. The molecule has 1 saturated heterocycles. The number of para-hydroxylation sites is 1. The predicted molar refractivity (Wildman–Crippen MR) is 87.8 cm³/mol. The van der Waals surface area contributed by atoms with Gasteiger partial charge in [0.2, 0.25) is 5.91 Å². The normalized spacial score (nSPS) is 18.8. The molecule has 118 valence electrons. The van der Waals surface area contributed by atoms with Gasteiger partial charge in [0, 0.05) is 30.1 Å². The molecule has 1 aromatic heterocycles. The van der Waals surface area contributed by atoms with Gasteiger partial charge in [0.15, 0.2) is 0 Å². The summed E-state index contributed by atoms with van der Waals surface area (Å²) in [6.45, 7) is 4.24. The lowest BCUT2D eigenvalue weighted by atomic mass is 10.1. The second-order valence-electron chi connectivity index (χ2n) is 5.96. The van der Waals surface area contributed by atoms with Crippen LogP contribution >= 0.6 is 0 Å². The Balaban J connectivity index is 1.64. The average molecular weight is 300 g/mol. The maximum absolute atomic E-state index is 12.6. The Kier molecular flexibility index (Phi) is 4.78. The summed E-state index contributed by atoms with van der Waals surface area (Å²) in [5.74, 6) is 0.257. The molecule has 0 aliphatic carbocycles. The monoisotopic (exact) mass is 300 g/mol. The van der Waals surface area contributed by atoms with Crippen LogP contribution in [0.4, 0.5) is 0 Å². The summed E-state index contributed by atoms with van der Waals surface area (Å²) in [7, 11) is 0. The van der Waals surface area contributed by atoms with Crippen LogP contribution < -0.4 is 0 Å². The van der Waals surface area contributed by atoms with Crippen molar-refractivity contribution in [2.24, 2.45) is 0 Å². The quantitative estimate of drug-likeness (QED) is 0.922. The molecule has 0 radical (unpaired) electrons. The second-order valence-corrected chi connectivity index (χ2v) is 5.96. The number of aryl methyl sites for hydroxylation is 1. The number of nitrogens with one attached hydrogen (secondary N) is 1. The van der Waals surface area contributed by atoms with Gasteiger partial charge in [0.25, 0.3) is 0 Å². The van der Waals surface area contributed by atoms with Crippen molar-refractivity contribution < 1.29 is 9.53 Å². The van der Waals surface area contributed by atoms with E-state index in [2.05, 4.69) is 24.0 Å². The first-order valence-corrected chi connectivity index (χ1v) is 8.21. The molecule has 1 atom stereocenters. The number of carbonyl (C=O) groups excluding carboxylic acids is 1. The smallest absolute Gasteiger partial charge is 0.223 e. The minimum absolute atomic E-state index is 0.257. The number of hydrogen-bond acceptors (Lipinski definition) is 2. The SMILES string of the molecule is CCC[C@H]1COCCN1C(=O)CCc1c[nH]c2ccccc12. The van der Waals surface area contributed by atoms with Gasteiger partial charge in [-0.15, -0.1) is 0 Å². The first-order chi connectivity index (χ1) is 10.8. The Bertz CT molecular complexity index is 633. The van der Waals surface area contributed by atoms with Crippen LogP contribution in [0.5, 0.6) is 0 Å². The van der Waals surface area contributed by atoms with Gasteiger partial charge in [-0.1, -0.05) is 31.5 Å². The summed E-state index contributed by atoms with van der Waals surface area (Å²) in [5, 5.41) is 1.22. The van der Waals surface area contributed by atoms with Crippen molar-refractivity contribution in [3.05, 3.63) is 36.0 Å². The molecule has 0 spiro atoms. The van der Waals surface area contributed by atoms with Gasteiger partial charge >= 0.3 is 0 Å². The summed E-state index contributed by atoms with van der Waals surface area (Å²) in [5.41, 5.74) is 2.37. The van der Waals surface area contributed by atoms with Crippen molar-refractivity contribution in [3.63, 3.8) is 0 Å². The van der Waals surface area contributed by atoms with Crippen LogP contribution in [0.15, 0.2) is 30.5 Å². The van der Waals surface area contributed by atoms with E-state index in [0.29, 0.717) is 19.6 Å². The van der Waals surface area contributed by atoms with Crippen LogP contribution in [0.3, 0.4) is 0 Å². The van der Waals surface area contributed by atoms with E-state index in [1.54, 1.807) is 0 Å². The number of ether oxygens (including phenoxy) is 1. The highest BCUT2D eigenvalue weighted by atomic mass is 16.5. The zero-order valence-electron chi connectivity index (χ0n) is 13.2. The van der Waals surface area contributed by atoms with Gasteiger partial charge in [0.05, 0.1) is 19.3 Å². The lowest BCUT2D eigenvalue weighted by molar-refractivity contribution is -0.140. The molecule has 1 aliphatic heterocycles. The van der Waals surface area contributed by atoms with Crippen molar-refractivity contribution in [2.75, 3.05) is 19.8 Å². The highest BCUT2D eigenvalue weighted by Gasteiger charge is 2.26. The number of rotatable bonds is 5. The number of amides is 1. The van der Waals surface area contributed by atoms with Crippen molar-refractivity contribution in [1.82, 2.24) is 9.88 Å².